The van der Waals surface area contributed by atoms with E-state index in [4.69, 9.17) is 0 Å². The average molecular weight is 268 g/mol. The first-order valence-electron chi connectivity index (χ1n) is 7.88. The first kappa shape index (κ1) is 14.8. The number of carbonyl (C=O) groups excluding carboxylic acids is 1. The van der Waals surface area contributed by atoms with Gasteiger partial charge in [-0.05, 0) is 45.2 Å². The quantitative estimate of drug-likeness (QED) is 0.725. The predicted molar refractivity (Wildman–Crippen MR) is 75.9 cm³/mol. The second kappa shape index (κ2) is 6.71. The molecule has 1 heterocycles. The van der Waals surface area contributed by atoms with Gasteiger partial charge in [-0.15, -0.1) is 0 Å². The fourth-order valence-electron chi connectivity index (χ4n) is 3.58. The lowest BCUT2D eigenvalue weighted by molar-refractivity contribution is -0.135. The van der Waals surface area contributed by atoms with Crippen LogP contribution < -0.4 is 10.6 Å². The van der Waals surface area contributed by atoms with Crippen LogP contribution in [0, 0.1) is 5.41 Å². The molecule has 1 saturated heterocycles. The van der Waals surface area contributed by atoms with Crippen molar-refractivity contribution in [1.82, 2.24) is 10.6 Å². The number of aliphatic hydroxyl groups is 1. The Kier molecular flexibility index (Phi) is 5.22. The molecule has 3 N–H and O–H groups in total. The van der Waals surface area contributed by atoms with Gasteiger partial charge in [-0.1, -0.05) is 26.2 Å². The maximum absolute atomic E-state index is 12.7. The van der Waals surface area contributed by atoms with Crippen molar-refractivity contribution in [3.63, 3.8) is 0 Å². The van der Waals surface area contributed by atoms with Crippen LogP contribution in [-0.2, 0) is 4.79 Å². The third-order valence-electron chi connectivity index (χ3n) is 4.82. The van der Waals surface area contributed by atoms with E-state index in [1.165, 1.54) is 0 Å². The molecule has 110 valence electrons. The van der Waals surface area contributed by atoms with Crippen molar-refractivity contribution < 1.29 is 9.90 Å². The van der Waals surface area contributed by atoms with Gasteiger partial charge in [-0.2, -0.15) is 0 Å². The Bertz CT molecular complexity index is 295. The molecule has 1 aliphatic heterocycles. The summed E-state index contributed by atoms with van der Waals surface area (Å²) in [7, 11) is 0. The van der Waals surface area contributed by atoms with E-state index < -0.39 is 0 Å². The Morgan fingerprint density at radius 2 is 2.00 bits per heavy atom. The number of aliphatic hydroxyl groups excluding tert-OH is 1. The van der Waals surface area contributed by atoms with Gasteiger partial charge in [-0.3, -0.25) is 4.79 Å². The smallest absolute Gasteiger partial charge is 0.226 e. The summed E-state index contributed by atoms with van der Waals surface area (Å²) in [4.78, 5) is 12.7. The maximum Gasteiger partial charge on any atom is 0.226 e. The third kappa shape index (κ3) is 3.48. The molecular weight excluding hydrogens is 240 g/mol. The molecule has 0 aromatic carbocycles. The number of rotatable bonds is 4. The van der Waals surface area contributed by atoms with Gasteiger partial charge in [0, 0.05) is 0 Å². The van der Waals surface area contributed by atoms with Gasteiger partial charge in [0.25, 0.3) is 0 Å². The van der Waals surface area contributed by atoms with Crippen molar-refractivity contribution in [2.24, 2.45) is 5.41 Å². The molecule has 1 aliphatic carbocycles. The minimum Gasteiger partial charge on any atom is -0.391 e. The van der Waals surface area contributed by atoms with Crippen LogP contribution >= 0.6 is 0 Å². The Morgan fingerprint density at radius 3 is 2.63 bits per heavy atom. The van der Waals surface area contributed by atoms with E-state index in [2.05, 4.69) is 17.6 Å². The molecule has 2 aliphatic rings. The Labute approximate surface area is 116 Å². The zero-order valence-electron chi connectivity index (χ0n) is 12.1. The molecule has 4 heteroatoms. The number of nitrogens with one attached hydrogen (secondary N) is 2. The molecule has 1 saturated carbocycles. The number of amides is 1. The summed E-state index contributed by atoms with van der Waals surface area (Å²) in [6, 6.07) is -0.0233. The summed E-state index contributed by atoms with van der Waals surface area (Å²) in [5.74, 6) is 0.182. The molecule has 0 spiro atoms. The van der Waals surface area contributed by atoms with E-state index in [9.17, 15) is 9.90 Å². The molecule has 1 amide bonds. The second-order valence-electron chi connectivity index (χ2n) is 6.21. The molecular formula is C15H28N2O2. The van der Waals surface area contributed by atoms with Gasteiger partial charge < -0.3 is 15.7 Å². The highest BCUT2D eigenvalue weighted by Gasteiger charge is 2.40. The minimum absolute atomic E-state index is 0.0233. The second-order valence-corrected chi connectivity index (χ2v) is 6.21. The number of piperidine rings is 1. The fourth-order valence-corrected chi connectivity index (χ4v) is 3.58. The van der Waals surface area contributed by atoms with Crippen molar-refractivity contribution in [3.05, 3.63) is 0 Å². The predicted octanol–water partition coefficient (Wildman–Crippen LogP) is 1.58. The minimum atomic E-state index is -0.349. The normalized spacial score (nSPS) is 30.8. The van der Waals surface area contributed by atoms with Crippen LogP contribution in [0.15, 0.2) is 0 Å². The van der Waals surface area contributed by atoms with Crippen LogP contribution in [0.5, 0.6) is 0 Å². The number of hydrogen-bond donors (Lipinski definition) is 3. The molecule has 0 bridgehead atoms. The first-order chi connectivity index (χ1) is 9.18. The first-order valence-corrected chi connectivity index (χ1v) is 7.88. The van der Waals surface area contributed by atoms with Crippen LogP contribution in [0.25, 0.3) is 0 Å². The molecule has 19 heavy (non-hydrogen) atoms. The van der Waals surface area contributed by atoms with E-state index in [1.807, 2.05) is 0 Å². The van der Waals surface area contributed by atoms with E-state index in [-0.39, 0.29) is 23.5 Å². The van der Waals surface area contributed by atoms with E-state index in [0.717, 1.165) is 64.5 Å². The van der Waals surface area contributed by atoms with Crippen LogP contribution in [0.4, 0.5) is 0 Å². The molecule has 2 atom stereocenters. The number of hydrogen-bond acceptors (Lipinski definition) is 3. The van der Waals surface area contributed by atoms with Crippen molar-refractivity contribution in [2.45, 2.75) is 70.4 Å². The standard InChI is InChI=1S/C15H28N2O2/c1-2-7-15(8-10-16-11-9-15)14(19)17-12-5-3-4-6-13(12)18/h12-13,16,18H,2-11H2,1H3,(H,17,19)/t12-,13-/m0/s1. The third-order valence-corrected chi connectivity index (χ3v) is 4.82. The van der Waals surface area contributed by atoms with Gasteiger partial charge in [0.1, 0.15) is 0 Å². The van der Waals surface area contributed by atoms with Crippen LogP contribution in [-0.4, -0.2) is 36.2 Å². The van der Waals surface area contributed by atoms with Crippen molar-refractivity contribution in [2.75, 3.05) is 13.1 Å². The Hall–Kier alpha value is -0.610. The summed E-state index contributed by atoms with van der Waals surface area (Å²) < 4.78 is 0. The van der Waals surface area contributed by atoms with Crippen LogP contribution in [0.3, 0.4) is 0 Å². The summed E-state index contributed by atoms with van der Waals surface area (Å²) >= 11 is 0. The topological polar surface area (TPSA) is 61.4 Å². The zero-order valence-corrected chi connectivity index (χ0v) is 12.1. The number of carbonyl (C=O) groups is 1. The largest absolute Gasteiger partial charge is 0.391 e. The summed E-state index contributed by atoms with van der Waals surface area (Å²) in [5, 5.41) is 16.5. The van der Waals surface area contributed by atoms with Gasteiger partial charge in [-0.25, -0.2) is 0 Å². The van der Waals surface area contributed by atoms with Crippen LogP contribution in [0.2, 0.25) is 0 Å². The lowest BCUT2D eigenvalue weighted by atomic mass is 9.74. The van der Waals surface area contributed by atoms with Gasteiger partial charge in [0.15, 0.2) is 0 Å². The zero-order chi connectivity index (χ0) is 13.7. The molecule has 2 fully saturated rings. The van der Waals surface area contributed by atoms with E-state index in [1.54, 1.807) is 0 Å². The van der Waals surface area contributed by atoms with Crippen molar-refractivity contribution in [3.8, 4) is 0 Å². The fraction of sp³-hybridized carbons (Fsp3) is 0.933. The van der Waals surface area contributed by atoms with Gasteiger partial charge in [0.05, 0.1) is 17.6 Å². The Balaban J connectivity index is 1.98. The molecule has 2 rings (SSSR count). The lowest BCUT2D eigenvalue weighted by Crippen LogP contribution is -2.53. The highest BCUT2D eigenvalue weighted by Crippen LogP contribution is 2.35. The molecule has 0 unspecified atom stereocenters. The molecule has 0 aromatic heterocycles. The van der Waals surface area contributed by atoms with Crippen LogP contribution in [0.1, 0.15) is 58.3 Å². The molecule has 0 radical (unpaired) electrons. The molecule has 4 nitrogen and oxygen atoms in total. The van der Waals surface area contributed by atoms with Crippen molar-refractivity contribution >= 4 is 5.91 Å². The van der Waals surface area contributed by atoms with Gasteiger partial charge >= 0.3 is 0 Å². The molecule has 0 aromatic rings. The Morgan fingerprint density at radius 1 is 1.32 bits per heavy atom. The van der Waals surface area contributed by atoms with Gasteiger partial charge in [0.2, 0.25) is 5.91 Å². The monoisotopic (exact) mass is 268 g/mol. The summed E-state index contributed by atoms with van der Waals surface area (Å²) in [5.41, 5.74) is -0.197. The lowest BCUT2D eigenvalue weighted by Gasteiger charge is -2.38. The van der Waals surface area contributed by atoms with E-state index >= 15 is 0 Å². The van der Waals surface area contributed by atoms with E-state index in [0.29, 0.717) is 0 Å². The summed E-state index contributed by atoms with van der Waals surface area (Å²) in [6.45, 7) is 4.01. The SMILES string of the molecule is CCCC1(C(=O)N[C@H]2CCCC[C@@H]2O)CCNCC1. The highest BCUT2D eigenvalue weighted by atomic mass is 16.3. The average Bonchev–Trinajstić information content (AvgIpc) is 2.42. The summed E-state index contributed by atoms with van der Waals surface area (Å²) in [6.07, 6.45) is 7.45. The maximum atomic E-state index is 12.7. The highest BCUT2D eigenvalue weighted by molar-refractivity contribution is 5.83. The van der Waals surface area contributed by atoms with Crippen molar-refractivity contribution in [1.29, 1.82) is 0 Å².